The van der Waals surface area contributed by atoms with Gasteiger partial charge in [-0.3, -0.25) is 9.59 Å². The number of hydrogen-bond donors (Lipinski definition) is 2. The normalized spacial score (nSPS) is 30.5. The molecular formula is C17H21NO4. The molecule has 1 aromatic rings. The van der Waals surface area contributed by atoms with Crippen molar-refractivity contribution >= 4 is 11.9 Å². The van der Waals surface area contributed by atoms with E-state index < -0.39 is 11.9 Å². The van der Waals surface area contributed by atoms with Crippen LogP contribution in [0.25, 0.3) is 0 Å². The van der Waals surface area contributed by atoms with Gasteiger partial charge in [0, 0.05) is 19.1 Å². The van der Waals surface area contributed by atoms with Crippen LogP contribution in [0.1, 0.15) is 30.9 Å². The Morgan fingerprint density at radius 2 is 1.86 bits per heavy atom. The lowest BCUT2D eigenvalue weighted by Crippen LogP contribution is -2.45. The zero-order chi connectivity index (χ0) is 15.5. The third-order valence-electron chi connectivity index (χ3n) is 4.81. The minimum Gasteiger partial charge on any atom is -0.481 e. The standard InChI is InChI=1S/C17H21NO4/c19-16(13-6-7-14(13)17(20)21)18-10-12-8-9-22-15(12)11-4-2-1-3-5-11/h1-5,12-15H,6-10H2,(H,18,19)(H,20,21)/t12-,13?,14?,15-/m0/s1. The van der Waals surface area contributed by atoms with E-state index in [2.05, 4.69) is 5.32 Å². The third-order valence-corrected chi connectivity index (χ3v) is 4.81. The van der Waals surface area contributed by atoms with E-state index in [1.807, 2.05) is 30.3 Å². The predicted octanol–water partition coefficient (Wildman–Crippen LogP) is 1.99. The van der Waals surface area contributed by atoms with Crippen molar-refractivity contribution in [2.45, 2.75) is 25.4 Å². The first-order valence-electron chi connectivity index (χ1n) is 7.84. The van der Waals surface area contributed by atoms with Crippen molar-refractivity contribution in [2.75, 3.05) is 13.2 Å². The summed E-state index contributed by atoms with van der Waals surface area (Å²) in [7, 11) is 0. The molecule has 1 aliphatic heterocycles. The molecule has 5 nitrogen and oxygen atoms in total. The summed E-state index contributed by atoms with van der Waals surface area (Å²) < 4.78 is 5.80. The zero-order valence-corrected chi connectivity index (χ0v) is 12.4. The van der Waals surface area contributed by atoms with Crippen LogP contribution in [-0.4, -0.2) is 30.1 Å². The molecule has 0 radical (unpaired) electrons. The van der Waals surface area contributed by atoms with E-state index in [0.717, 1.165) is 12.0 Å². The third kappa shape index (κ3) is 2.99. The molecule has 1 amide bonds. The van der Waals surface area contributed by atoms with Gasteiger partial charge < -0.3 is 15.2 Å². The number of carbonyl (C=O) groups is 2. The molecule has 1 heterocycles. The van der Waals surface area contributed by atoms with Crippen LogP contribution < -0.4 is 5.32 Å². The minimum atomic E-state index is -0.863. The predicted molar refractivity (Wildman–Crippen MR) is 80.1 cm³/mol. The Hall–Kier alpha value is -1.88. The number of carboxylic acid groups (broad SMARTS) is 1. The number of nitrogens with one attached hydrogen (secondary N) is 1. The molecule has 1 aliphatic carbocycles. The smallest absolute Gasteiger partial charge is 0.307 e. The lowest BCUT2D eigenvalue weighted by atomic mass is 9.73. The monoisotopic (exact) mass is 303 g/mol. The molecule has 2 unspecified atom stereocenters. The van der Waals surface area contributed by atoms with Crippen molar-refractivity contribution in [1.82, 2.24) is 5.32 Å². The summed E-state index contributed by atoms with van der Waals surface area (Å²) in [6, 6.07) is 10.0. The van der Waals surface area contributed by atoms with Gasteiger partial charge in [-0.1, -0.05) is 30.3 Å². The van der Waals surface area contributed by atoms with Crippen LogP contribution in [0.15, 0.2) is 30.3 Å². The molecule has 2 N–H and O–H groups in total. The lowest BCUT2D eigenvalue weighted by molar-refractivity contribution is -0.152. The second-order valence-electron chi connectivity index (χ2n) is 6.12. The van der Waals surface area contributed by atoms with E-state index in [0.29, 0.717) is 26.0 Å². The van der Waals surface area contributed by atoms with Crippen molar-refractivity contribution in [3.05, 3.63) is 35.9 Å². The molecule has 0 spiro atoms. The van der Waals surface area contributed by atoms with Gasteiger partial charge >= 0.3 is 5.97 Å². The van der Waals surface area contributed by atoms with Crippen molar-refractivity contribution in [3.8, 4) is 0 Å². The molecule has 1 saturated carbocycles. The molecule has 22 heavy (non-hydrogen) atoms. The largest absolute Gasteiger partial charge is 0.481 e. The van der Waals surface area contributed by atoms with E-state index in [-0.39, 0.29) is 23.8 Å². The van der Waals surface area contributed by atoms with Crippen LogP contribution in [0.2, 0.25) is 0 Å². The highest BCUT2D eigenvalue weighted by molar-refractivity contribution is 5.86. The average molecular weight is 303 g/mol. The Morgan fingerprint density at radius 3 is 2.50 bits per heavy atom. The van der Waals surface area contributed by atoms with Gasteiger partial charge in [0.25, 0.3) is 0 Å². The fourth-order valence-electron chi connectivity index (χ4n) is 3.33. The molecule has 0 bridgehead atoms. The van der Waals surface area contributed by atoms with Gasteiger partial charge in [0.05, 0.1) is 17.9 Å². The topological polar surface area (TPSA) is 75.6 Å². The Kier molecular flexibility index (Phi) is 4.43. The molecule has 1 saturated heterocycles. The summed E-state index contributed by atoms with van der Waals surface area (Å²) in [4.78, 5) is 23.1. The van der Waals surface area contributed by atoms with Crippen molar-refractivity contribution in [1.29, 1.82) is 0 Å². The van der Waals surface area contributed by atoms with Crippen molar-refractivity contribution in [2.24, 2.45) is 17.8 Å². The van der Waals surface area contributed by atoms with Gasteiger partial charge in [0.2, 0.25) is 5.91 Å². The highest BCUT2D eigenvalue weighted by atomic mass is 16.5. The molecule has 5 heteroatoms. The van der Waals surface area contributed by atoms with Crippen LogP contribution in [0, 0.1) is 17.8 Å². The summed E-state index contributed by atoms with van der Waals surface area (Å²) in [5, 5.41) is 12.0. The van der Waals surface area contributed by atoms with Crippen LogP contribution in [0.5, 0.6) is 0 Å². The maximum Gasteiger partial charge on any atom is 0.307 e. The van der Waals surface area contributed by atoms with Crippen LogP contribution in [-0.2, 0) is 14.3 Å². The van der Waals surface area contributed by atoms with E-state index in [1.54, 1.807) is 0 Å². The van der Waals surface area contributed by atoms with E-state index in [4.69, 9.17) is 9.84 Å². The highest BCUT2D eigenvalue weighted by Crippen LogP contribution is 2.36. The number of rotatable bonds is 5. The summed E-state index contributed by atoms with van der Waals surface area (Å²) in [6.07, 6.45) is 2.20. The number of benzene rings is 1. The second-order valence-corrected chi connectivity index (χ2v) is 6.12. The quantitative estimate of drug-likeness (QED) is 0.872. The fourth-order valence-corrected chi connectivity index (χ4v) is 3.33. The van der Waals surface area contributed by atoms with Gasteiger partial charge in [-0.25, -0.2) is 0 Å². The lowest BCUT2D eigenvalue weighted by Gasteiger charge is -2.32. The summed E-state index contributed by atoms with van der Waals surface area (Å²) in [5.41, 5.74) is 1.13. The Balaban J connectivity index is 1.55. The number of carbonyl (C=O) groups excluding carboxylic acids is 1. The van der Waals surface area contributed by atoms with Crippen LogP contribution in [0.4, 0.5) is 0 Å². The van der Waals surface area contributed by atoms with Crippen LogP contribution in [0.3, 0.4) is 0 Å². The zero-order valence-electron chi connectivity index (χ0n) is 12.4. The van der Waals surface area contributed by atoms with Gasteiger partial charge in [0.1, 0.15) is 0 Å². The van der Waals surface area contributed by atoms with Crippen molar-refractivity contribution in [3.63, 3.8) is 0 Å². The Morgan fingerprint density at radius 1 is 1.14 bits per heavy atom. The number of amides is 1. The van der Waals surface area contributed by atoms with Gasteiger partial charge in [-0.15, -0.1) is 0 Å². The van der Waals surface area contributed by atoms with E-state index >= 15 is 0 Å². The first-order valence-corrected chi connectivity index (χ1v) is 7.84. The average Bonchev–Trinajstić information content (AvgIpc) is 2.92. The molecular weight excluding hydrogens is 282 g/mol. The highest BCUT2D eigenvalue weighted by Gasteiger charge is 2.41. The van der Waals surface area contributed by atoms with E-state index in [9.17, 15) is 9.59 Å². The van der Waals surface area contributed by atoms with E-state index in [1.165, 1.54) is 0 Å². The fraction of sp³-hybridized carbons (Fsp3) is 0.529. The van der Waals surface area contributed by atoms with Crippen molar-refractivity contribution < 1.29 is 19.4 Å². The van der Waals surface area contributed by atoms with Gasteiger partial charge in [0.15, 0.2) is 0 Å². The first-order chi connectivity index (χ1) is 10.7. The molecule has 3 rings (SSSR count). The SMILES string of the molecule is O=C(O)C1CCC1C(=O)NC[C@@H]1CCO[C@H]1c1ccccc1. The summed E-state index contributed by atoms with van der Waals surface area (Å²) >= 11 is 0. The van der Waals surface area contributed by atoms with Gasteiger partial charge in [-0.2, -0.15) is 0 Å². The number of aliphatic carboxylic acids is 1. The number of hydrogen-bond acceptors (Lipinski definition) is 3. The molecule has 118 valence electrons. The summed E-state index contributed by atoms with van der Waals surface area (Å²) in [6.45, 7) is 1.24. The Labute approximate surface area is 129 Å². The van der Waals surface area contributed by atoms with Gasteiger partial charge in [-0.05, 0) is 24.8 Å². The molecule has 2 fully saturated rings. The number of ether oxygens (including phenoxy) is 1. The maximum atomic E-state index is 12.1. The summed E-state index contributed by atoms with van der Waals surface area (Å²) in [5.74, 6) is -1.62. The number of carboxylic acids is 1. The Bertz CT molecular complexity index is 545. The second kappa shape index (κ2) is 6.48. The molecule has 2 aliphatic rings. The molecule has 4 atom stereocenters. The molecule has 0 aromatic heterocycles. The minimum absolute atomic E-state index is 0.0122. The van der Waals surface area contributed by atoms with Crippen LogP contribution >= 0.6 is 0 Å². The maximum absolute atomic E-state index is 12.1. The molecule has 1 aromatic carbocycles. The first kappa shape index (κ1) is 15.0.